The Labute approximate surface area is 233 Å². The van der Waals surface area contributed by atoms with E-state index in [4.69, 9.17) is 15.0 Å². The van der Waals surface area contributed by atoms with Gasteiger partial charge >= 0.3 is 6.09 Å². The first-order valence-electron chi connectivity index (χ1n) is 13.3. The highest BCUT2D eigenvalue weighted by molar-refractivity contribution is 5.94. The highest BCUT2D eigenvalue weighted by Gasteiger charge is 2.34. The molecule has 204 valence electrons. The number of aromatic nitrogens is 3. The summed E-state index contributed by atoms with van der Waals surface area (Å²) in [5.74, 6) is -0.0341. The van der Waals surface area contributed by atoms with Crippen molar-refractivity contribution in [2.75, 3.05) is 13.1 Å². The Hall–Kier alpha value is -4.71. The predicted octanol–water partition coefficient (Wildman–Crippen LogP) is 5.45. The second kappa shape index (κ2) is 10.5. The number of benzene rings is 2. The molecule has 9 nitrogen and oxygen atoms in total. The van der Waals surface area contributed by atoms with E-state index in [1.54, 1.807) is 22.8 Å². The van der Waals surface area contributed by atoms with E-state index in [0.29, 0.717) is 42.7 Å². The number of ether oxygens (including phenoxy) is 1. The zero-order valence-corrected chi connectivity index (χ0v) is 23.1. The summed E-state index contributed by atoms with van der Waals surface area (Å²) in [5.41, 5.74) is 4.39. The molecule has 2 aromatic heterocycles. The number of amides is 2. The van der Waals surface area contributed by atoms with Gasteiger partial charge in [0.05, 0.1) is 23.5 Å². The summed E-state index contributed by atoms with van der Waals surface area (Å²) in [4.78, 5) is 32.2. The van der Waals surface area contributed by atoms with Crippen molar-refractivity contribution in [3.05, 3.63) is 78.1 Å². The lowest BCUT2D eigenvalue weighted by molar-refractivity contribution is 0.0396. The zero-order chi connectivity index (χ0) is 28.5. The largest absolute Gasteiger partial charge is 0.444 e. The topological polar surface area (TPSA) is 113 Å². The molecule has 2 aromatic carbocycles. The number of nitriles is 1. The fourth-order valence-corrected chi connectivity index (χ4v) is 4.80. The van der Waals surface area contributed by atoms with Crippen LogP contribution in [0.4, 0.5) is 4.79 Å². The van der Waals surface area contributed by atoms with Crippen molar-refractivity contribution in [3.63, 3.8) is 0 Å². The zero-order valence-electron chi connectivity index (χ0n) is 23.1. The number of piperidine rings is 1. The molecule has 0 bridgehead atoms. The molecule has 1 fully saturated rings. The highest BCUT2D eigenvalue weighted by atomic mass is 16.6. The number of fused-ring (bicyclic) bond motifs is 1. The summed E-state index contributed by atoms with van der Waals surface area (Å²) >= 11 is 0. The minimum Gasteiger partial charge on any atom is -0.444 e. The van der Waals surface area contributed by atoms with E-state index in [0.717, 1.165) is 22.4 Å². The van der Waals surface area contributed by atoms with Crippen LogP contribution in [0.15, 0.2) is 67.0 Å². The fourth-order valence-electron chi connectivity index (χ4n) is 4.80. The molecule has 0 unspecified atom stereocenters. The highest BCUT2D eigenvalue weighted by Crippen LogP contribution is 2.27. The number of rotatable bonds is 4. The van der Waals surface area contributed by atoms with Gasteiger partial charge in [0.25, 0.3) is 5.91 Å². The number of likely N-dealkylation sites (tertiary alicyclic amines) is 1. The average molecular weight is 537 g/mol. The summed E-state index contributed by atoms with van der Waals surface area (Å²) in [6.45, 7) is 8.59. The minimum absolute atomic E-state index is 0.0341. The molecule has 40 heavy (non-hydrogen) atoms. The van der Waals surface area contributed by atoms with Crippen LogP contribution < -0.4 is 5.32 Å². The molecule has 4 aromatic rings. The van der Waals surface area contributed by atoms with E-state index in [1.165, 1.54) is 0 Å². The van der Waals surface area contributed by atoms with Crippen LogP contribution in [0, 0.1) is 11.3 Å². The normalized spacial score (nSPS) is 14.9. The molecule has 1 aliphatic rings. The van der Waals surface area contributed by atoms with E-state index in [-0.39, 0.29) is 5.91 Å². The summed E-state index contributed by atoms with van der Waals surface area (Å²) in [6.07, 6.45) is 4.49. The maximum Gasteiger partial charge on any atom is 0.408 e. The van der Waals surface area contributed by atoms with Gasteiger partial charge in [-0.3, -0.25) is 4.79 Å². The van der Waals surface area contributed by atoms with Crippen LogP contribution in [-0.2, 0) is 4.74 Å². The van der Waals surface area contributed by atoms with Crippen molar-refractivity contribution in [1.82, 2.24) is 24.8 Å². The van der Waals surface area contributed by atoms with Crippen LogP contribution in [0.5, 0.6) is 0 Å². The predicted molar refractivity (Wildman–Crippen MR) is 151 cm³/mol. The molecule has 3 heterocycles. The van der Waals surface area contributed by atoms with Crippen molar-refractivity contribution < 1.29 is 14.3 Å². The Morgan fingerprint density at radius 1 is 1.00 bits per heavy atom. The molecule has 0 atom stereocenters. The number of nitrogens with one attached hydrogen (secondary N) is 1. The van der Waals surface area contributed by atoms with E-state index >= 15 is 0 Å². The van der Waals surface area contributed by atoms with Crippen molar-refractivity contribution in [2.24, 2.45) is 0 Å². The molecule has 1 saturated heterocycles. The Balaban J connectivity index is 1.27. The number of carbonyl (C=O) groups excluding carboxylic acids is 2. The van der Waals surface area contributed by atoms with Crippen LogP contribution in [0.1, 0.15) is 56.5 Å². The summed E-state index contributed by atoms with van der Waals surface area (Å²) in [7, 11) is 0. The smallest absolute Gasteiger partial charge is 0.408 e. The van der Waals surface area contributed by atoms with Gasteiger partial charge in [-0.15, -0.1) is 0 Å². The Bertz CT molecular complexity index is 1590. The van der Waals surface area contributed by atoms with Crippen molar-refractivity contribution in [3.8, 4) is 28.5 Å². The second-order valence-corrected chi connectivity index (χ2v) is 11.4. The van der Waals surface area contributed by atoms with Gasteiger partial charge < -0.3 is 15.0 Å². The number of hydrogen-bond acceptors (Lipinski definition) is 6. The molecule has 1 aliphatic heterocycles. The monoisotopic (exact) mass is 536 g/mol. The number of hydrogen-bond donors (Lipinski definition) is 1. The minimum atomic E-state index is -0.559. The Morgan fingerprint density at radius 2 is 1.65 bits per heavy atom. The van der Waals surface area contributed by atoms with E-state index in [2.05, 4.69) is 16.5 Å². The van der Waals surface area contributed by atoms with Crippen molar-refractivity contribution in [1.29, 1.82) is 5.26 Å². The van der Waals surface area contributed by atoms with E-state index < -0.39 is 17.2 Å². The van der Waals surface area contributed by atoms with Gasteiger partial charge in [-0.05, 0) is 76.4 Å². The lowest BCUT2D eigenvalue weighted by atomic mass is 9.89. The SMILES string of the molecule is CC1(NC(=O)OC(C)(C)C)CCN(C(=O)c2ccc(-c3ccn4ncc(-c5ccc(C#N)cc5)c4n3)cc2)CC1. The second-order valence-electron chi connectivity index (χ2n) is 11.4. The first-order valence-corrected chi connectivity index (χ1v) is 13.3. The third kappa shape index (κ3) is 5.81. The quantitative estimate of drug-likeness (QED) is 0.371. The van der Waals surface area contributed by atoms with Gasteiger partial charge in [-0.25, -0.2) is 14.3 Å². The summed E-state index contributed by atoms with van der Waals surface area (Å²) < 4.78 is 7.12. The average Bonchev–Trinajstić information content (AvgIpc) is 3.35. The molecule has 0 aliphatic carbocycles. The van der Waals surface area contributed by atoms with Gasteiger partial charge in [0.15, 0.2) is 5.65 Å². The van der Waals surface area contributed by atoms with Crippen molar-refractivity contribution >= 4 is 17.6 Å². The molecule has 0 radical (unpaired) electrons. The first-order chi connectivity index (χ1) is 19.0. The first kappa shape index (κ1) is 26.9. The van der Waals surface area contributed by atoms with Gasteiger partial charge in [-0.1, -0.05) is 24.3 Å². The molecular weight excluding hydrogens is 504 g/mol. The number of carbonyl (C=O) groups is 2. The maximum atomic E-state index is 13.2. The molecule has 2 amide bonds. The molecule has 5 rings (SSSR count). The Morgan fingerprint density at radius 3 is 2.27 bits per heavy atom. The van der Waals surface area contributed by atoms with Crippen molar-refractivity contribution in [2.45, 2.75) is 51.7 Å². The summed E-state index contributed by atoms with van der Waals surface area (Å²) in [6, 6.07) is 18.8. The van der Waals surface area contributed by atoms with Gasteiger partial charge in [0, 0.05) is 41.5 Å². The maximum absolute atomic E-state index is 13.2. The van der Waals surface area contributed by atoms with Crippen LogP contribution in [0.3, 0.4) is 0 Å². The fraction of sp³-hybridized carbons (Fsp3) is 0.323. The third-order valence-corrected chi connectivity index (χ3v) is 7.08. The van der Waals surface area contributed by atoms with Crippen LogP contribution >= 0.6 is 0 Å². The van der Waals surface area contributed by atoms with Crippen LogP contribution in [0.2, 0.25) is 0 Å². The van der Waals surface area contributed by atoms with Crippen LogP contribution in [0.25, 0.3) is 28.0 Å². The number of nitrogens with zero attached hydrogens (tertiary/aromatic N) is 5. The third-order valence-electron chi connectivity index (χ3n) is 7.08. The van der Waals surface area contributed by atoms with Gasteiger partial charge in [0.1, 0.15) is 5.60 Å². The Kier molecular flexibility index (Phi) is 7.03. The van der Waals surface area contributed by atoms with E-state index in [9.17, 15) is 9.59 Å². The standard InChI is InChI=1S/C31H32N6O3/c1-30(2,3)40-29(39)35-31(4)14-17-36(18-15-31)28(38)24-11-9-23(10-12-24)26-13-16-37-27(34-26)25(20-33-37)22-7-5-21(19-32)6-8-22/h5-13,16,20H,14-15,17-18H2,1-4H3,(H,35,39). The molecule has 0 spiro atoms. The summed E-state index contributed by atoms with van der Waals surface area (Å²) in [5, 5.41) is 16.5. The molecule has 1 N–H and O–H groups in total. The molecule has 0 saturated carbocycles. The lowest BCUT2D eigenvalue weighted by Crippen LogP contribution is -2.55. The van der Waals surface area contributed by atoms with Gasteiger partial charge in [-0.2, -0.15) is 10.4 Å². The van der Waals surface area contributed by atoms with Gasteiger partial charge in [0.2, 0.25) is 0 Å². The lowest BCUT2D eigenvalue weighted by Gasteiger charge is -2.40. The van der Waals surface area contributed by atoms with E-state index in [1.807, 2.05) is 81.3 Å². The number of alkyl carbamates (subject to hydrolysis) is 1. The van der Waals surface area contributed by atoms with Crippen LogP contribution in [-0.4, -0.2) is 55.7 Å². The molecular formula is C31H32N6O3. The molecule has 9 heteroatoms.